The van der Waals surface area contributed by atoms with Gasteiger partial charge in [0.2, 0.25) is 14.2 Å². The molecule has 1 aliphatic rings. The number of imide groups is 1. The van der Waals surface area contributed by atoms with Crippen molar-refractivity contribution in [2.45, 2.75) is 89.9 Å². The summed E-state index contributed by atoms with van der Waals surface area (Å²) in [7, 11) is -3.95. The highest BCUT2D eigenvalue weighted by Crippen LogP contribution is 2.41. The number of hydrogen-bond acceptors (Lipinski definition) is 9. The van der Waals surface area contributed by atoms with Crippen LogP contribution in [0.15, 0.2) is 84.1 Å². The molecule has 6 rings (SSSR count). The zero-order valence-electron chi connectivity index (χ0n) is 36.4. The zero-order valence-corrected chi connectivity index (χ0v) is 39.2. The number of hydrogen-bond donors (Lipinski definition) is 2. The first kappa shape index (κ1) is 45.1. The third kappa shape index (κ3) is 10.0. The Morgan fingerprint density at radius 2 is 1.57 bits per heavy atom. The van der Waals surface area contributed by atoms with Gasteiger partial charge in [-0.25, -0.2) is 14.4 Å². The van der Waals surface area contributed by atoms with Crippen LogP contribution in [0.5, 0.6) is 5.75 Å². The molecule has 0 fully saturated rings. The molecule has 0 bridgehead atoms. The number of halogens is 1. The average molecular weight is 881 g/mol. The summed E-state index contributed by atoms with van der Waals surface area (Å²) >= 11 is 1.45. The largest absolute Gasteiger partial charge is 0.543 e. The van der Waals surface area contributed by atoms with Crippen LogP contribution < -0.4 is 15.1 Å². The molecule has 3 aromatic carbocycles. The topological polar surface area (TPSA) is 145 Å². The van der Waals surface area contributed by atoms with Crippen LogP contribution in [0.3, 0.4) is 0 Å². The second-order valence-electron chi connectivity index (χ2n) is 17.7. The van der Waals surface area contributed by atoms with E-state index in [1.807, 2.05) is 36.0 Å². The van der Waals surface area contributed by atoms with Crippen molar-refractivity contribution in [3.63, 3.8) is 0 Å². The summed E-state index contributed by atoms with van der Waals surface area (Å²) in [6.45, 7) is 18.9. The van der Waals surface area contributed by atoms with Gasteiger partial charge in [-0.2, -0.15) is 0 Å². The van der Waals surface area contributed by atoms with E-state index < -0.39 is 39.9 Å². The van der Waals surface area contributed by atoms with E-state index >= 15 is 4.39 Å². The van der Waals surface area contributed by atoms with Gasteiger partial charge in [0.1, 0.15) is 24.1 Å². The molecule has 5 aromatic rings. The standard InChI is InChI=1S/C45H53FN6O6SSi2/c1-28(53)48-37-25-30(20-21-47-37)40-39(50-44(59-5)52(40)27-57-22-23-60(6,7)8)29-14-13-15-31(24-29)49-41(54)38-34(26-51-42(55)32-16-11-12-17-33(32)43(51)56)36(19-18-35(38)46)58-61(9,10)45(2,3)4/h11-21,24-25H,22-23,26-27H2,1-10H3,(H,49,54)(H,47,48,53). The SMILES string of the molecule is CSc1nc(-c2cccc(NC(=O)c3c(F)ccc(O[Si](C)(C)C(C)(C)C)c3CN3C(=O)c4ccccc4C3=O)c2)c(-c2ccnc(NC(C)=O)c2)n1COCC[Si](C)(C)C. The van der Waals surface area contributed by atoms with Crippen LogP contribution in [0.2, 0.25) is 43.8 Å². The van der Waals surface area contributed by atoms with Crippen LogP contribution in [0.25, 0.3) is 22.5 Å². The number of amides is 4. The first-order valence-corrected chi connectivity index (χ1v) is 27.9. The van der Waals surface area contributed by atoms with Gasteiger partial charge in [0.15, 0.2) is 5.16 Å². The Kier molecular flexibility index (Phi) is 13.2. The highest BCUT2D eigenvalue weighted by atomic mass is 32.2. The smallest absolute Gasteiger partial charge is 0.261 e. The van der Waals surface area contributed by atoms with Crippen molar-refractivity contribution < 1.29 is 32.7 Å². The van der Waals surface area contributed by atoms with Crippen LogP contribution in [0.1, 0.15) is 64.3 Å². The van der Waals surface area contributed by atoms with Crippen molar-refractivity contribution in [1.82, 2.24) is 19.4 Å². The molecule has 12 nitrogen and oxygen atoms in total. The van der Waals surface area contributed by atoms with Crippen LogP contribution in [-0.4, -0.2) is 72.3 Å². The average Bonchev–Trinajstić information content (AvgIpc) is 3.67. The van der Waals surface area contributed by atoms with Gasteiger partial charge in [0.05, 0.1) is 34.6 Å². The highest BCUT2D eigenvalue weighted by Gasteiger charge is 2.41. The number of nitrogens with zero attached hydrogens (tertiary/aromatic N) is 4. The lowest BCUT2D eigenvalue weighted by molar-refractivity contribution is -0.114. The van der Waals surface area contributed by atoms with E-state index in [2.05, 4.69) is 56.0 Å². The molecule has 0 unspecified atom stereocenters. The summed E-state index contributed by atoms with van der Waals surface area (Å²) in [4.78, 5) is 64.0. The number of carbonyl (C=O) groups excluding carboxylic acids is 4. The lowest BCUT2D eigenvalue weighted by atomic mass is 10.0. The van der Waals surface area contributed by atoms with E-state index in [1.54, 1.807) is 54.7 Å². The van der Waals surface area contributed by atoms with Crippen LogP contribution in [-0.2, 0) is 22.8 Å². The van der Waals surface area contributed by atoms with Crippen molar-refractivity contribution in [3.8, 4) is 28.3 Å². The van der Waals surface area contributed by atoms with Gasteiger partial charge in [-0.15, -0.1) is 0 Å². The number of benzene rings is 3. The lowest BCUT2D eigenvalue weighted by Gasteiger charge is -2.37. The molecule has 0 radical (unpaired) electrons. The third-order valence-electron chi connectivity index (χ3n) is 10.9. The molecule has 0 saturated heterocycles. The monoisotopic (exact) mass is 880 g/mol. The quantitative estimate of drug-likeness (QED) is 0.0454. The second-order valence-corrected chi connectivity index (χ2v) is 28.8. The fourth-order valence-corrected chi connectivity index (χ4v) is 8.92. The van der Waals surface area contributed by atoms with Gasteiger partial charge in [-0.3, -0.25) is 28.6 Å². The molecule has 0 saturated carbocycles. The Balaban J connectivity index is 1.41. The molecule has 0 spiro atoms. The molecule has 2 N–H and O–H groups in total. The second kappa shape index (κ2) is 17.9. The maximum Gasteiger partial charge on any atom is 0.261 e. The van der Waals surface area contributed by atoms with Gasteiger partial charge in [-0.1, -0.05) is 76.4 Å². The van der Waals surface area contributed by atoms with Gasteiger partial charge in [-0.05, 0) is 79.0 Å². The number of rotatable bonds is 15. The van der Waals surface area contributed by atoms with Gasteiger partial charge >= 0.3 is 0 Å². The number of carbonyl (C=O) groups is 4. The summed E-state index contributed by atoms with van der Waals surface area (Å²) < 4.78 is 31.1. The number of aromatic nitrogens is 3. The minimum absolute atomic E-state index is 0.0837. The Hall–Kier alpha value is -5.43. The predicted octanol–water partition coefficient (Wildman–Crippen LogP) is 10.2. The van der Waals surface area contributed by atoms with Gasteiger partial charge in [0, 0.05) is 50.2 Å². The van der Waals surface area contributed by atoms with E-state index in [-0.39, 0.29) is 52.2 Å². The fraction of sp³-hybridized carbons (Fsp3) is 0.333. The maximum absolute atomic E-state index is 16.2. The first-order valence-electron chi connectivity index (χ1n) is 20.0. The van der Waals surface area contributed by atoms with Crippen molar-refractivity contribution >= 4 is 63.3 Å². The number of ether oxygens (including phenoxy) is 1. The first-order chi connectivity index (χ1) is 28.7. The maximum atomic E-state index is 16.2. The molecule has 2 aromatic heterocycles. The number of nitrogens with one attached hydrogen (secondary N) is 2. The third-order valence-corrected chi connectivity index (χ3v) is 17.6. The number of pyridine rings is 1. The molecule has 0 atom stereocenters. The highest BCUT2D eigenvalue weighted by molar-refractivity contribution is 7.98. The van der Waals surface area contributed by atoms with E-state index in [4.69, 9.17) is 14.1 Å². The lowest BCUT2D eigenvalue weighted by Crippen LogP contribution is -2.44. The Morgan fingerprint density at radius 1 is 0.885 bits per heavy atom. The van der Waals surface area contributed by atoms with Crippen LogP contribution >= 0.6 is 11.8 Å². The van der Waals surface area contributed by atoms with E-state index in [0.717, 1.165) is 16.5 Å². The van der Waals surface area contributed by atoms with Crippen molar-refractivity contribution in [2.75, 3.05) is 23.5 Å². The van der Waals surface area contributed by atoms with E-state index in [0.29, 0.717) is 40.2 Å². The fourth-order valence-electron chi connectivity index (χ4n) is 6.57. The summed E-state index contributed by atoms with van der Waals surface area (Å²) in [5.74, 6) is -2.37. The molecule has 320 valence electrons. The zero-order chi connectivity index (χ0) is 44.4. The molecule has 16 heteroatoms. The minimum atomic E-state index is -2.58. The Labute approximate surface area is 362 Å². The molecule has 61 heavy (non-hydrogen) atoms. The normalized spacial score (nSPS) is 13.1. The molecule has 1 aliphatic heterocycles. The predicted molar refractivity (Wildman–Crippen MR) is 244 cm³/mol. The van der Waals surface area contributed by atoms with Gasteiger partial charge in [0.25, 0.3) is 17.7 Å². The molecule has 4 amide bonds. The van der Waals surface area contributed by atoms with Crippen molar-refractivity contribution in [1.29, 1.82) is 0 Å². The van der Waals surface area contributed by atoms with Gasteiger partial charge < -0.3 is 19.8 Å². The number of imidazole rings is 1. The summed E-state index contributed by atoms with van der Waals surface area (Å²) in [5.41, 5.74) is 3.21. The number of fused-ring (bicyclic) bond motifs is 1. The molecule has 3 heterocycles. The Morgan fingerprint density at radius 3 is 2.20 bits per heavy atom. The van der Waals surface area contributed by atoms with Crippen LogP contribution in [0.4, 0.5) is 15.9 Å². The molecule has 0 aliphatic carbocycles. The number of thioether (sulfide) groups is 1. The van der Waals surface area contributed by atoms with Crippen molar-refractivity contribution in [3.05, 3.63) is 107 Å². The Bertz CT molecular complexity index is 2480. The minimum Gasteiger partial charge on any atom is -0.543 e. The molecular weight excluding hydrogens is 828 g/mol. The van der Waals surface area contributed by atoms with Crippen LogP contribution in [0, 0.1) is 5.82 Å². The van der Waals surface area contributed by atoms with E-state index in [1.165, 1.54) is 30.8 Å². The summed E-state index contributed by atoms with van der Waals surface area (Å²) in [5, 5.41) is 6.06. The van der Waals surface area contributed by atoms with E-state index in [9.17, 15) is 19.2 Å². The number of anilines is 2. The van der Waals surface area contributed by atoms with Crippen molar-refractivity contribution in [2.24, 2.45) is 0 Å². The summed E-state index contributed by atoms with van der Waals surface area (Å²) in [6, 6.07) is 20.8. The molecular formula is C45H53FN6O6SSi2. The summed E-state index contributed by atoms with van der Waals surface area (Å²) in [6.07, 6.45) is 3.54.